The zero-order valence-electron chi connectivity index (χ0n) is 9.24. The zero-order chi connectivity index (χ0) is 11.6. The van der Waals surface area contributed by atoms with Gasteiger partial charge in [0.1, 0.15) is 0 Å². The highest BCUT2D eigenvalue weighted by Crippen LogP contribution is 2.42. The van der Waals surface area contributed by atoms with Crippen LogP contribution < -0.4 is 0 Å². The van der Waals surface area contributed by atoms with Crippen molar-refractivity contribution >= 4 is 6.08 Å². The maximum Gasteiger partial charge on any atom is 0.277 e. The van der Waals surface area contributed by atoms with Gasteiger partial charge in [-0.15, -0.1) is 0 Å². The maximum atomic E-state index is 5.12. The lowest BCUT2D eigenvalue weighted by molar-refractivity contribution is 0.0850. The Morgan fingerprint density at radius 3 is 1.94 bits per heavy atom. The van der Waals surface area contributed by atoms with Gasteiger partial charge in [-0.2, -0.15) is 9.78 Å². The molecule has 2 aromatic carbocycles. The summed E-state index contributed by atoms with van der Waals surface area (Å²) in [6.07, 6.45) is 3.93. The van der Waals surface area contributed by atoms with Crippen LogP contribution in [0.25, 0.3) is 6.08 Å². The first-order valence-corrected chi connectivity index (χ1v) is 5.56. The molecule has 2 aromatic rings. The van der Waals surface area contributed by atoms with Crippen LogP contribution in [-0.4, -0.2) is 0 Å². The normalized spacial score (nSPS) is 17.2. The fraction of sp³-hybridized carbons (Fsp3) is 0.0667. The summed E-state index contributed by atoms with van der Waals surface area (Å²) in [5, 5.41) is 0. The maximum absolute atomic E-state index is 5.12. The van der Waals surface area contributed by atoms with Crippen LogP contribution in [0.3, 0.4) is 0 Å². The molecule has 0 N–H and O–H groups in total. The van der Waals surface area contributed by atoms with Gasteiger partial charge in [0.05, 0.1) is 0 Å². The molecule has 17 heavy (non-hydrogen) atoms. The minimum Gasteiger partial charge on any atom is -0.184 e. The minimum atomic E-state index is -0.683. The highest BCUT2D eigenvalue weighted by molar-refractivity contribution is 5.51. The molecule has 84 valence electrons. The quantitative estimate of drug-likeness (QED) is 0.588. The molecular weight excluding hydrogens is 212 g/mol. The van der Waals surface area contributed by atoms with E-state index >= 15 is 0 Å². The van der Waals surface area contributed by atoms with Gasteiger partial charge in [0.25, 0.3) is 5.79 Å². The molecule has 0 radical (unpaired) electrons. The van der Waals surface area contributed by atoms with Crippen LogP contribution in [0.5, 0.6) is 0 Å². The lowest BCUT2D eigenvalue weighted by Gasteiger charge is -2.01. The van der Waals surface area contributed by atoms with Gasteiger partial charge in [-0.1, -0.05) is 66.7 Å². The topological polar surface area (TPSA) is 25.1 Å². The smallest absolute Gasteiger partial charge is 0.184 e. The Hall–Kier alpha value is -1.90. The summed E-state index contributed by atoms with van der Waals surface area (Å²) in [6.45, 7) is 0. The molecule has 0 saturated carbocycles. The first-order valence-electron chi connectivity index (χ1n) is 5.56. The third-order valence-electron chi connectivity index (χ3n) is 2.73. The van der Waals surface area contributed by atoms with Crippen molar-refractivity contribution in [2.75, 3.05) is 0 Å². The van der Waals surface area contributed by atoms with Crippen molar-refractivity contribution in [1.82, 2.24) is 0 Å². The van der Waals surface area contributed by atoms with E-state index in [9.17, 15) is 0 Å². The number of hydrogen-bond acceptors (Lipinski definition) is 2. The van der Waals surface area contributed by atoms with Crippen molar-refractivity contribution < 1.29 is 9.78 Å². The van der Waals surface area contributed by atoms with Gasteiger partial charge in [-0.25, -0.2) is 0 Å². The molecule has 1 aliphatic heterocycles. The van der Waals surface area contributed by atoms with Crippen molar-refractivity contribution in [2.24, 2.45) is 0 Å². The van der Waals surface area contributed by atoms with Gasteiger partial charge in [-0.3, -0.25) is 0 Å². The predicted octanol–water partition coefficient (Wildman–Crippen LogP) is 3.51. The molecule has 1 fully saturated rings. The van der Waals surface area contributed by atoms with E-state index in [0.29, 0.717) is 0 Å². The molecular formula is C15H12O2. The van der Waals surface area contributed by atoms with Crippen LogP contribution in [0.15, 0.2) is 66.7 Å². The molecule has 0 amide bonds. The van der Waals surface area contributed by atoms with E-state index in [1.165, 1.54) is 0 Å². The Morgan fingerprint density at radius 1 is 0.765 bits per heavy atom. The van der Waals surface area contributed by atoms with Crippen molar-refractivity contribution in [2.45, 2.75) is 5.79 Å². The molecule has 0 spiro atoms. The van der Waals surface area contributed by atoms with E-state index < -0.39 is 5.79 Å². The summed E-state index contributed by atoms with van der Waals surface area (Å²) in [4.78, 5) is 10.2. The summed E-state index contributed by atoms with van der Waals surface area (Å²) in [7, 11) is 0. The van der Waals surface area contributed by atoms with Crippen LogP contribution in [0.2, 0.25) is 0 Å². The Bertz CT molecular complexity index is 513. The second kappa shape index (κ2) is 4.17. The Labute approximate surface area is 100 Å². The summed E-state index contributed by atoms with van der Waals surface area (Å²) in [6, 6.07) is 20.0. The second-order valence-corrected chi connectivity index (χ2v) is 3.94. The minimum absolute atomic E-state index is 0.683. The van der Waals surface area contributed by atoms with Gasteiger partial charge in [0.15, 0.2) is 0 Å². The van der Waals surface area contributed by atoms with E-state index in [4.69, 9.17) is 9.78 Å². The molecule has 2 heteroatoms. The van der Waals surface area contributed by atoms with Gasteiger partial charge in [0, 0.05) is 5.56 Å². The van der Waals surface area contributed by atoms with E-state index in [-0.39, 0.29) is 0 Å². The molecule has 0 aliphatic carbocycles. The first-order chi connectivity index (χ1) is 8.39. The van der Waals surface area contributed by atoms with E-state index in [0.717, 1.165) is 11.1 Å². The number of hydrogen-bond donors (Lipinski definition) is 0. The molecule has 2 nitrogen and oxygen atoms in total. The molecule has 0 unspecified atom stereocenters. The SMILES string of the molecule is C(=CC1(c2ccccc2)OO1)c1ccccc1. The molecule has 1 aliphatic rings. The third-order valence-corrected chi connectivity index (χ3v) is 2.73. The Balaban J connectivity index is 1.84. The lowest BCUT2D eigenvalue weighted by Crippen LogP contribution is -2.02. The van der Waals surface area contributed by atoms with Crippen molar-refractivity contribution in [3.63, 3.8) is 0 Å². The van der Waals surface area contributed by atoms with Crippen molar-refractivity contribution in [1.29, 1.82) is 0 Å². The first kappa shape index (κ1) is 10.3. The molecule has 1 heterocycles. The number of benzene rings is 2. The number of rotatable bonds is 3. The molecule has 1 saturated heterocycles. The van der Waals surface area contributed by atoms with Gasteiger partial charge < -0.3 is 0 Å². The van der Waals surface area contributed by atoms with Crippen LogP contribution >= 0.6 is 0 Å². The summed E-state index contributed by atoms with van der Waals surface area (Å²) >= 11 is 0. The Morgan fingerprint density at radius 2 is 1.35 bits per heavy atom. The van der Waals surface area contributed by atoms with Gasteiger partial charge in [-0.05, 0) is 11.6 Å². The zero-order valence-corrected chi connectivity index (χ0v) is 9.24. The van der Waals surface area contributed by atoms with Crippen LogP contribution in [0.4, 0.5) is 0 Å². The lowest BCUT2D eigenvalue weighted by atomic mass is 10.1. The summed E-state index contributed by atoms with van der Waals surface area (Å²) in [5.74, 6) is -0.683. The monoisotopic (exact) mass is 224 g/mol. The van der Waals surface area contributed by atoms with Gasteiger partial charge in [0.2, 0.25) is 0 Å². The molecule has 0 atom stereocenters. The average molecular weight is 224 g/mol. The van der Waals surface area contributed by atoms with Crippen LogP contribution in [0.1, 0.15) is 11.1 Å². The highest BCUT2D eigenvalue weighted by atomic mass is 17.4. The standard InChI is InChI=1S/C15H12O2/c1-3-7-13(8-4-1)11-12-15(16-17-15)14-9-5-2-6-10-14/h1-12H. The van der Waals surface area contributed by atoms with Crippen LogP contribution in [-0.2, 0) is 15.6 Å². The Kier molecular flexibility index (Phi) is 2.52. The third kappa shape index (κ3) is 2.13. The highest BCUT2D eigenvalue weighted by Gasteiger charge is 2.48. The predicted molar refractivity (Wildman–Crippen MR) is 65.8 cm³/mol. The van der Waals surface area contributed by atoms with E-state index in [1.54, 1.807) is 0 Å². The van der Waals surface area contributed by atoms with Crippen molar-refractivity contribution in [3.05, 3.63) is 77.9 Å². The van der Waals surface area contributed by atoms with Gasteiger partial charge >= 0.3 is 0 Å². The fourth-order valence-corrected chi connectivity index (χ4v) is 1.73. The summed E-state index contributed by atoms with van der Waals surface area (Å²) < 4.78 is 0. The van der Waals surface area contributed by atoms with E-state index in [1.807, 2.05) is 72.8 Å². The summed E-state index contributed by atoms with van der Waals surface area (Å²) in [5.41, 5.74) is 2.13. The van der Waals surface area contributed by atoms with Crippen LogP contribution in [0, 0.1) is 0 Å². The van der Waals surface area contributed by atoms with Crippen molar-refractivity contribution in [3.8, 4) is 0 Å². The fourth-order valence-electron chi connectivity index (χ4n) is 1.73. The molecule has 0 bridgehead atoms. The second-order valence-electron chi connectivity index (χ2n) is 3.94. The molecule has 3 rings (SSSR count). The van der Waals surface area contributed by atoms with E-state index in [2.05, 4.69) is 0 Å². The molecule has 0 aromatic heterocycles. The average Bonchev–Trinajstić information content (AvgIpc) is 3.20. The largest absolute Gasteiger partial charge is 0.277 e.